The first kappa shape index (κ1) is 14.0. The standard InChI is InChI=1S/C14H16O2/c1-5-8-10-13(9-6-2)11-12(4)14(15)16-7-3/h2,5,8-10H,1,4,7,11H2,3H3/b10-8-,13-9+. The summed E-state index contributed by atoms with van der Waals surface area (Å²) in [5.41, 5.74) is 1.21. The molecule has 2 heteroatoms. The quantitative estimate of drug-likeness (QED) is 0.295. The molecule has 0 rings (SSSR count). The highest BCUT2D eigenvalue weighted by Crippen LogP contribution is 2.12. The van der Waals surface area contributed by atoms with Crippen LogP contribution in [0.2, 0.25) is 0 Å². The van der Waals surface area contributed by atoms with E-state index in [4.69, 9.17) is 11.2 Å². The van der Waals surface area contributed by atoms with Crippen LogP contribution in [0, 0.1) is 12.3 Å². The Balaban J connectivity index is 4.54. The maximum atomic E-state index is 11.3. The molecule has 0 aromatic heterocycles. The molecule has 0 fully saturated rings. The molecule has 0 heterocycles. The van der Waals surface area contributed by atoms with Gasteiger partial charge in [0.2, 0.25) is 0 Å². The van der Waals surface area contributed by atoms with Crippen molar-refractivity contribution in [3.05, 3.63) is 48.6 Å². The lowest BCUT2D eigenvalue weighted by molar-refractivity contribution is -0.138. The zero-order chi connectivity index (χ0) is 12.4. The average molecular weight is 216 g/mol. The van der Waals surface area contributed by atoms with Gasteiger partial charge < -0.3 is 4.74 Å². The maximum absolute atomic E-state index is 11.3. The minimum Gasteiger partial charge on any atom is -0.463 e. The molecule has 0 radical (unpaired) electrons. The number of rotatable bonds is 6. The second-order valence-corrected chi connectivity index (χ2v) is 2.98. The van der Waals surface area contributed by atoms with Gasteiger partial charge >= 0.3 is 5.97 Å². The first-order chi connectivity index (χ1) is 7.65. The minimum atomic E-state index is -0.391. The number of terminal acetylenes is 1. The average Bonchev–Trinajstić information content (AvgIpc) is 2.26. The second kappa shape index (κ2) is 8.31. The molecule has 0 amide bonds. The third-order valence-corrected chi connectivity index (χ3v) is 1.70. The van der Waals surface area contributed by atoms with Crippen molar-refractivity contribution in [3.8, 4) is 12.3 Å². The molecule has 0 spiro atoms. The van der Waals surface area contributed by atoms with Gasteiger partial charge in [-0.25, -0.2) is 4.79 Å². The summed E-state index contributed by atoms with van der Waals surface area (Å²) in [6.45, 7) is 9.31. The SMILES string of the molecule is C#C/C=C(\C=C/C=C)CC(=C)C(=O)OCC. The number of hydrogen-bond acceptors (Lipinski definition) is 2. The molecule has 0 unspecified atom stereocenters. The van der Waals surface area contributed by atoms with Gasteiger partial charge in [0.15, 0.2) is 0 Å². The van der Waals surface area contributed by atoms with Crippen LogP contribution in [0.1, 0.15) is 13.3 Å². The lowest BCUT2D eigenvalue weighted by Gasteiger charge is -2.05. The number of hydrogen-bond donors (Lipinski definition) is 0. The lowest BCUT2D eigenvalue weighted by Crippen LogP contribution is -2.07. The second-order valence-electron chi connectivity index (χ2n) is 2.98. The van der Waals surface area contributed by atoms with Crippen molar-refractivity contribution < 1.29 is 9.53 Å². The van der Waals surface area contributed by atoms with E-state index >= 15 is 0 Å². The number of carbonyl (C=O) groups is 1. The largest absolute Gasteiger partial charge is 0.463 e. The lowest BCUT2D eigenvalue weighted by atomic mass is 10.1. The first-order valence-corrected chi connectivity index (χ1v) is 4.94. The van der Waals surface area contributed by atoms with Gasteiger partial charge in [-0.1, -0.05) is 37.3 Å². The van der Waals surface area contributed by atoms with Crippen LogP contribution in [-0.4, -0.2) is 12.6 Å². The van der Waals surface area contributed by atoms with E-state index in [-0.39, 0.29) is 0 Å². The Morgan fingerprint density at radius 1 is 1.56 bits per heavy atom. The van der Waals surface area contributed by atoms with Crippen molar-refractivity contribution in [1.29, 1.82) is 0 Å². The summed E-state index contributed by atoms with van der Waals surface area (Å²) >= 11 is 0. The summed E-state index contributed by atoms with van der Waals surface area (Å²) in [6, 6.07) is 0. The highest BCUT2D eigenvalue weighted by atomic mass is 16.5. The molecule has 84 valence electrons. The highest BCUT2D eigenvalue weighted by molar-refractivity contribution is 5.88. The third-order valence-electron chi connectivity index (χ3n) is 1.70. The van der Waals surface area contributed by atoms with Crippen molar-refractivity contribution in [2.24, 2.45) is 0 Å². The smallest absolute Gasteiger partial charge is 0.333 e. The molecule has 0 saturated carbocycles. The Kier molecular flexibility index (Phi) is 7.27. The number of ether oxygens (including phenoxy) is 1. The Labute approximate surface area is 97.0 Å². The van der Waals surface area contributed by atoms with Gasteiger partial charge in [0.1, 0.15) is 0 Å². The van der Waals surface area contributed by atoms with E-state index in [0.29, 0.717) is 18.6 Å². The predicted molar refractivity (Wildman–Crippen MR) is 66.6 cm³/mol. The van der Waals surface area contributed by atoms with Crippen molar-refractivity contribution in [2.45, 2.75) is 13.3 Å². The molecular formula is C14H16O2. The molecule has 16 heavy (non-hydrogen) atoms. The van der Waals surface area contributed by atoms with Gasteiger partial charge in [0.05, 0.1) is 6.61 Å². The molecule has 0 saturated heterocycles. The monoisotopic (exact) mass is 216 g/mol. The van der Waals surface area contributed by atoms with Gasteiger partial charge in [-0.15, -0.1) is 6.42 Å². The summed E-state index contributed by atoms with van der Waals surface area (Å²) in [5.74, 6) is 2.02. The molecule has 0 aromatic carbocycles. The fourth-order valence-electron chi connectivity index (χ4n) is 1.01. The number of carbonyl (C=O) groups excluding carboxylic acids is 1. The fourth-order valence-corrected chi connectivity index (χ4v) is 1.01. The Bertz CT molecular complexity index is 365. The number of esters is 1. The third kappa shape index (κ3) is 5.66. The van der Waals surface area contributed by atoms with E-state index in [2.05, 4.69) is 19.1 Å². The molecule has 0 bridgehead atoms. The summed E-state index contributed by atoms with van der Waals surface area (Å²) in [7, 11) is 0. The van der Waals surface area contributed by atoms with Crippen LogP contribution in [0.25, 0.3) is 0 Å². The minimum absolute atomic E-state index is 0.342. The zero-order valence-corrected chi connectivity index (χ0v) is 9.53. The molecule has 0 aliphatic carbocycles. The van der Waals surface area contributed by atoms with Crippen molar-refractivity contribution in [1.82, 2.24) is 0 Å². The van der Waals surface area contributed by atoms with Crippen LogP contribution >= 0.6 is 0 Å². The van der Waals surface area contributed by atoms with E-state index in [1.54, 1.807) is 31.2 Å². The maximum Gasteiger partial charge on any atom is 0.333 e. The summed E-state index contributed by atoms with van der Waals surface area (Å²) in [6.07, 6.45) is 12.3. The Morgan fingerprint density at radius 2 is 2.25 bits per heavy atom. The predicted octanol–water partition coefficient (Wildman–Crippen LogP) is 2.80. The van der Waals surface area contributed by atoms with Gasteiger partial charge in [-0.05, 0) is 18.6 Å². The molecule has 0 aliphatic rings. The van der Waals surface area contributed by atoms with Crippen LogP contribution in [0.5, 0.6) is 0 Å². The van der Waals surface area contributed by atoms with Crippen LogP contribution in [-0.2, 0) is 9.53 Å². The summed E-state index contributed by atoms with van der Waals surface area (Å²) in [5, 5.41) is 0. The van der Waals surface area contributed by atoms with Crippen LogP contribution in [0.3, 0.4) is 0 Å². The highest BCUT2D eigenvalue weighted by Gasteiger charge is 2.08. The van der Waals surface area contributed by atoms with Crippen LogP contribution < -0.4 is 0 Å². The molecular weight excluding hydrogens is 200 g/mol. The Hall–Kier alpha value is -2.01. The Morgan fingerprint density at radius 3 is 2.75 bits per heavy atom. The molecule has 0 aliphatic heterocycles. The van der Waals surface area contributed by atoms with Crippen LogP contribution in [0.15, 0.2) is 48.6 Å². The molecule has 0 atom stereocenters. The van der Waals surface area contributed by atoms with Crippen molar-refractivity contribution in [3.63, 3.8) is 0 Å². The van der Waals surface area contributed by atoms with E-state index in [1.807, 2.05) is 0 Å². The van der Waals surface area contributed by atoms with Gasteiger partial charge in [-0.2, -0.15) is 0 Å². The van der Waals surface area contributed by atoms with Crippen LogP contribution in [0.4, 0.5) is 0 Å². The number of allylic oxidation sites excluding steroid dienone is 5. The van der Waals surface area contributed by atoms with E-state index in [9.17, 15) is 4.79 Å². The fraction of sp³-hybridized carbons (Fsp3) is 0.214. The topological polar surface area (TPSA) is 26.3 Å². The molecule has 0 N–H and O–H groups in total. The van der Waals surface area contributed by atoms with Gasteiger partial charge in [0.25, 0.3) is 0 Å². The summed E-state index contributed by atoms with van der Waals surface area (Å²) in [4.78, 5) is 11.3. The normalized spacial score (nSPS) is 10.9. The van der Waals surface area contributed by atoms with Gasteiger partial charge in [-0.3, -0.25) is 0 Å². The first-order valence-electron chi connectivity index (χ1n) is 4.94. The molecule has 0 aromatic rings. The molecule has 2 nitrogen and oxygen atoms in total. The van der Waals surface area contributed by atoms with Gasteiger partial charge in [0, 0.05) is 12.0 Å². The van der Waals surface area contributed by atoms with E-state index < -0.39 is 5.97 Å². The van der Waals surface area contributed by atoms with Crippen molar-refractivity contribution in [2.75, 3.05) is 6.61 Å². The van der Waals surface area contributed by atoms with E-state index in [0.717, 1.165) is 5.57 Å². The van der Waals surface area contributed by atoms with E-state index in [1.165, 1.54) is 0 Å². The van der Waals surface area contributed by atoms with Crippen molar-refractivity contribution >= 4 is 5.97 Å². The zero-order valence-electron chi connectivity index (χ0n) is 9.53. The summed E-state index contributed by atoms with van der Waals surface area (Å²) < 4.78 is 4.83.